The number of anilines is 1. The summed E-state index contributed by atoms with van der Waals surface area (Å²) in [6.45, 7) is 9.74. The molecule has 1 aliphatic rings. The number of nitrogens with zero attached hydrogens (tertiary/aromatic N) is 5. The quantitative estimate of drug-likeness (QED) is 0.836. The Balaban J connectivity index is 1.77. The molecule has 1 saturated heterocycles. The molecule has 0 radical (unpaired) electrons. The van der Waals surface area contributed by atoms with E-state index in [2.05, 4.69) is 33.7 Å². The number of ether oxygens (including phenoxy) is 1. The van der Waals surface area contributed by atoms with Crippen molar-refractivity contribution < 1.29 is 4.74 Å². The molecule has 0 N–H and O–H groups in total. The summed E-state index contributed by atoms with van der Waals surface area (Å²) in [4.78, 5) is 18.4. The highest BCUT2D eigenvalue weighted by atomic mass is 16.5. The van der Waals surface area contributed by atoms with Gasteiger partial charge in [0, 0.05) is 50.7 Å². The van der Waals surface area contributed by atoms with E-state index in [9.17, 15) is 0 Å². The summed E-state index contributed by atoms with van der Waals surface area (Å²) in [5, 5.41) is 0. The average Bonchev–Trinajstić information content (AvgIpc) is 2.63. The number of hydrogen-bond acceptors (Lipinski definition) is 6. The molecule has 2 aromatic heterocycles. The zero-order valence-corrected chi connectivity index (χ0v) is 14.7. The van der Waals surface area contributed by atoms with Crippen molar-refractivity contribution in [1.82, 2.24) is 19.9 Å². The topological polar surface area (TPSA) is 54.4 Å². The van der Waals surface area contributed by atoms with Gasteiger partial charge in [0.2, 0.25) is 0 Å². The summed E-state index contributed by atoms with van der Waals surface area (Å²) in [7, 11) is 2.09. The van der Waals surface area contributed by atoms with Gasteiger partial charge in [0.25, 0.3) is 0 Å². The second-order valence-corrected chi connectivity index (χ2v) is 6.17. The first kappa shape index (κ1) is 16.8. The van der Waals surface area contributed by atoms with E-state index >= 15 is 0 Å². The monoisotopic (exact) mass is 327 g/mol. The van der Waals surface area contributed by atoms with Crippen LogP contribution in [-0.2, 0) is 4.74 Å². The summed E-state index contributed by atoms with van der Waals surface area (Å²) < 4.78 is 5.41. The Kier molecular flexibility index (Phi) is 5.37. The van der Waals surface area contributed by atoms with Crippen molar-refractivity contribution in [2.24, 2.45) is 0 Å². The minimum absolute atomic E-state index is 0.687. The highest BCUT2D eigenvalue weighted by molar-refractivity contribution is 5.56. The van der Waals surface area contributed by atoms with Gasteiger partial charge in [-0.25, -0.2) is 9.97 Å². The molecule has 0 aromatic carbocycles. The first-order valence-electron chi connectivity index (χ1n) is 8.43. The highest BCUT2D eigenvalue weighted by Gasteiger charge is 2.16. The first-order chi connectivity index (χ1) is 11.6. The summed E-state index contributed by atoms with van der Waals surface area (Å²) in [5.41, 5.74) is 2.93. The van der Waals surface area contributed by atoms with Crippen LogP contribution in [0, 0.1) is 13.8 Å². The molecule has 3 heterocycles. The van der Waals surface area contributed by atoms with Crippen molar-refractivity contribution in [2.75, 3.05) is 51.3 Å². The number of rotatable bonds is 5. The predicted octanol–water partition coefficient (Wildman–Crippen LogP) is 1.92. The van der Waals surface area contributed by atoms with Crippen LogP contribution < -0.4 is 4.90 Å². The Morgan fingerprint density at radius 1 is 1.17 bits per heavy atom. The number of likely N-dealkylation sites (N-methyl/N-ethyl adjacent to an activating group) is 1. The summed E-state index contributed by atoms with van der Waals surface area (Å²) in [6, 6.07) is 5.81. The Morgan fingerprint density at radius 3 is 2.67 bits per heavy atom. The van der Waals surface area contributed by atoms with Crippen LogP contribution in [0.4, 0.5) is 5.82 Å². The van der Waals surface area contributed by atoms with Gasteiger partial charge < -0.3 is 9.64 Å². The maximum absolute atomic E-state index is 5.41. The maximum atomic E-state index is 5.41. The lowest BCUT2D eigenvalue weighted by Crippen LogP contribution is -2.41. The molecule has 24 heavy (non-hydrogen) atoms. The lowest BCUT2D eigenvalue weighted by Gasteiger charge is -2.29. The van der Waals surface area contributed by atoms with Crippen LogP contribution in [0.25, 0.3) is 11.5 Å². The van der Waals surface area contributed by atoms with Gasteiger partial charge in [-0.2, -0.15) is 0 Å². The van der Waals surface area contributed by atoms with Crippen molar-refractivity contribution in [1.29, 1.82) is 0 Å². The van der Waals surface area contributed by atoms with Gasteiger partial charge in [-0.15, -0.1) is 0 Å². The number of aromatic nitrogens is 3. The normalized spacial score (nSPS) is 15.5. The number of hydrogen-bond donors (Lipinski definition) is 0. The summed E-state index contributed by atoms with van der Waals surface area (Å²) >= 11 is 0. The molecule has 0 bridgehead atoms. The fourth-order valence-corrected chi connectivity index (χ4v) is 2.82. The first-order valence-corrected chi connectivity index (χ1v) is 8.43. The molecule has 0 atom stereocenters. The molecule has 0 unspecified atom stereocenters. The number of morpholine rings is 1. The van der Waals surface area contributed by atoms with E-state index in [1.165, 1.54) is 0 Å². The molecule has 128 valence electrons. The fourth-order valence-electron chi connectivity index (χ4n) is 2.82. The molecule has 1 fully saturated rings. The molecule has 6 heteroatoms. The molecule has 0 aliphatic carbocycles. The molecule has 1 aliphatic heterocycles. The minimum Gasteiger partial charge on any atom is -0.379 e. The zero-order chi connectivity index (χ0) is 16.9. The predicted molar refractivity (Wildman–Crippen MR) is 95.3 cm³/mol. The third-order valence-electron chi connectivity index (χ3n) is 4.47. The van der Waals surface area contributed by atoms with Crippen molar-refractivity contribution in [2.45, 2.75) is 13.8 Å². The molecular weight excluding hydrogens is 302 g/mol. The molecule has 0 spiro atoms. The molecule has 3 rings (SSSR count). The van der Waals surface area contributed by atoms with Crippen molar-refractivity contribution in [3.8, 4) is 11.5 Å². The van der Waals surface area contributed by atoms with Gasteiger partial charge in [-0.1, -0.05) is 6.07 Å². The molecule has 6 nitrogen and oxygen atoms in total. The Labute approximate surface area is 143 Å². The molecule has 0 saturated carbocycles. The number of pyridine rings is 1. The minimum atomic E-state index is 0.687. The summed E-state index contributed by atoms with van der Waals surface area (Å²) in [5.74, 6) is 1.67. The molecule has 2 aromatic rings. The van der Waals surface area contributed by atoms with Gasteiger partial charge in [-0.05, 0) is 26.0 Å². The van der Waals surface area contributed by atoms with Crippen LogP contribution in [0.3, 0.4) is 0 Å². The van der Waals surface area contributed by atoms with Crippen LogP contribution in [0.15, 0.2) is 24.4 Å². The SMILES string of the molecule is Cc1nc(-c2ccccn2)nc(N(C)CCN2CCOCC2)c1C. The van der Waals surface area contributed by atoms with Crippen molar-refractivity contribution in [3.05, 3.63) is 35.7 Å². The van der Waals surface area contributed by atoms with E-state index in [0.717, 1.165) is 62.2 Å². The summed E-state index contributed by atoms with van der Waals surface area (Å²) in [6.07, 6.45) is 1.77. The van der Waals surface area contributed by atoms with Crippen LogP contribution in [0.5, 0.6) is 0 Å². The largest absolute Gasteiger partial charge is 0.379 e. The van der Waals surface area contributed by atoms with E-state index in [1.54, 1.807) is 6.20 Å². The van der Waals surface area contributed by atoms with E-state index in [1.807, 2.05) is 25.1 Å². The lowest BCUT2D eigenvalue weighted by atomic mass is 10.2. The van der Waals surface area contributed by atoms with Gasteiger partial charge in [0.15, 0.2) is 5.82 Å². The maximum Gasteiger partial charge on any atom is 0.180 e. The van der Waals surface area contributed by atoms with E-state index in [4.69, 9.17) is 9.72 Å². The highest BCUT2D eigenvalue weighted by Crippen LogP contribution is 2.22. The molecule has 0 amide bonds. The standard InChI is InChI=1S/C18H25N5O/c1-14-15(2)20-17(16-6-4-5-7-19-16)21-18(14)22(3)8-9-23-10-12-24-13-11-23/h4-7H,8-13H2,1-3H3. The van der Waals surface area contributed by atoms with Gasteiger partial charge in [-0.3, -0.25) is 9.88 Å². The Bertz CT molecular complexity index is 671. The third-order valence-corrected chi connectivity index (χ3v) is 4.47. The van der Waals surface area contributed by atoms with E-state index in [-0.39, 0.29) is 0 Å². The van der Waals surface area contributed by atoms with Crippen LogP contribution in [-0.4, -0.2) is 66.3 Å². The number of aryl methyl sites for hydroxylation is 1. The van der Waals surface area contributed by atoms with Crippen LogP contribution in [0.2, 0.25) is 0 Å². The second kappa shape index (κ2) is 7.68. The fraction of sp³-hybridized carbons (Fsp3) is 0.500. The second-order valence-electron chi connectivity index (χ2n) is 6.17. The van der Waals surface area contributed by atoms with Crippen molar-refractivity contribution >= 4 is 5.82 Å². The van der Waals surface area contributed by atoms with Gasteiger partial charge >= 0.3 is 0 Å². The van der Waals surface area contributed by atoms with Gasteiger partial charge in [0.1, 0.15) is 11.5 Å². The Hall–Kier alpha value is -2.05. The van der Waals surface area contributed by atoms with Crippen LogP contribution >= 0.6 is 0 Å². The Morgan fingerprint density at radius 2 is 1.96 bits per heavy atom. The van der Waals surface area contributed by atoms with E-state index in [0.29, 0.717) is 5.82 Å². The zero-order valence-electron chi connectivity index (χ0n) is 14.7. The van der Waals surface area contributed by atoms with Crippen molar-refractivity contribution in [3.63, 3.8) is 0 Å². The van der Waals surface area contributed by atoms with Gasteiger partial charge in [0.05, 0.1) is 13.2 Å². The average molecular weight is 327 g/mol. The van der Waals surface area contributed by atoms with E-state index < -0.39 is 0 Å². The third kappa shape index (κ3) is 3.88. The lowest BCUT2D eigenvalue weighted by molar-refractivity contribution is 0.0392. The smallest absolute Gasteiger partial charge is 0.180 e. The van der Waals surface area contributed by atoms with Crippen LogP contribution in [0.1, 0.15) is 11.3 Å². The molecular formula is C18H25N5O.